The lowest BCUT2D eigenvalue weighted by atomic mass is 10.1. The number of amides is 1. The molecule has 0 aliphatic carbocycles. The quantitative estimate of drug-likeness (QED) is 0.898. The number of halogens is 2. The number of nitrogens with zero attached hydrogens (tertiary/aromatic N) is 1. The van der Waals surface area contributed by atoms with Gasteiger partial charge >= 0.3 is 0 Å². The number of carbonyl (C=O) groups excluding carboxylic acids is 1. The summed E-state index contributed by atoms with van der Waals surface area (Å²) in [6.07, 6.45) is 3.29. The van der Waals surface area contributed by atoms with Gasteiger partial charge in [-0.1, -0.05) is 17.7 Å². The van der Waals surface area contributed by atoms with Crippen LogP contribution in [0, 0.1) is 5.82 Å². The number of aromatic amines is 1. The first-order valence-electron chi connectivity index (χ1n) is 5.33. The Balaban J connectivity index is 2.15. The van der Waals surface area contributed by atoms with Gasteiger partial charge in [-0.3, -0.25) is 9.89 Å². The molecule has 0 saturated carbocycles. The molecule has 94 valence electrons. The van der Waals surface area contributed by atoms with E-state index < -0.39 is 11.7 Å². The predicted molar refractivity (Wildman–Crippen MR) is 65.9 cm³/mol. The van der Waals surface area contributed by atoms with Crippen LogP contribution in [0.5, 0.6) is 0 Å². The van der Waals surface area contributed by atoms with Crippen molar-refractivity contribution >= 4 is 17.5 Å². The second-order valence-electron chi connectivity index (χ2n) is 3.83. The highest BCUT2D eigenvalue weighted by molar-refractivity contribution is 6.34. The molecule has 0 aliphatic heterocycles. The number of H-pyrrole nitrogens is 1. The van der Waals surface area contributed by atoms with E-state index in [0.717, 1.165) is 5.56 Å². The molecule has 1 heterocycles. The maximum Gasteiger partial charge on any atom is 0.253 e. The summed E-state index contributed by atoms with van der Waals surface area (Å²) in [6.45, 7) is 1.80. The van der Waals surface area contributed by atoms with E-state index in [2.05, 4.69) is 15.5 Å². The molecular formula is C12H11ClFN3O. The minimum absolute atomic E-state index is 0.118. The predicted octanol–water partition coefficient (Wildman–Crippen LogP) is 2.69. The molecule has 1 amide bonds. The molecule has 0 radical (unpaired) electrons. The monoisotopic (exact) mass is 267 g/mol. The van der Waals surface area contributed by atoms with Gasteiger partial charge in [0.05, 0.1) is 22.8 Å². The molecule has 0 bridgehead atoms. The average Bonchev–Trinajstić information content (AvgIpc) is 2.86. The lowest BCUT2D eigenvalue weighted by molar-refractivity contribution is 0.0939. The maximum atomic E-state index is 13.2. The fourth-order valence-corrected chi connectivity index (χ4v) is 1.75. The van der Waals surface area contributed by atoms with Gasteiger partial charge in [0.15, 0.2) is 0 Å². The summed E-state index contributed by atoms with van der Waals surface area (Å²) in [5, 5.41) is 8.99. The molecule has 0 saturated heterocycles. The second-order valence-corrected chi connectivity index (χ2v) is 4.21. The van der Waals surface area contributed by atoms with E-state index >= 15 is 0 Å². The first-order chi connectivity index (χ1) is 8.59. The minimum Gasteiger partial charge on any atom is -0.345 e. The SMILES string of the molecule is CC(NC(=O)c1cccc(F)c1Cl)c1cn[nH]c1. The number of rotatable bonds is 3. The molecule has 2 N–H and O–H groups in total. The Labute approximate surface area is 108 Å². The van der Waals surface area contributed by atoms with Crippen molar-refractivity contribution < 1.29 is 9.18 Å². The zero-order valence-electron chi connectivity index (χ0n) is 9.58. The molecule has 0 fully saturated rings. The second kappa shape index (κ2) is 5.18. The van der Waals surface area contributed by atoms with Crippen LogP contribution in [0.25, 0.3) is 0 Å². The molecular weight excluding hydrogens is 257 g/mol. The zero-order chi connectivity index (χ0) is 13.1. The van der Waals surface area contributed by atoms with Gasteiger partial charge in [0.1, 0.15) is 5.82 Å². The lowest BCUT2D eigenvalue weighted by Crippen LogP contribution is -2.26. The standard InChI is InChI=1S/C12H11ClFN3O/c1-7(8-5-15-16-6-8)17-12(18)9-3-2-4-10(14)11(9)13/h2-7H,1H3,(H,15,16)(H,17,18). The average molecular weight is 268 g/mol. The van der Waals surface area contributed by atoms with Crippen LogP contribution < -0.4 is 5.32 Å². The van der Waals surface area contributed by atoms with Crippen molar-refractivity contribution in [1.82, 2.24) is 15.5 Å². The first-order valence-corrected chi connectivity index (χ1v) is 5.71. The topological polar surface area (TPSA) is 57.8 Å². The number of benzene rings is 1. The van der Waals surface area contributed by atoms with Crippen LogP contribution in [0.15, 0.2) is 30.6 Å². The van der Waals surface area contributed by atoms with Crippen molar-refractivity contribution in [3.05, 3.63) is 52.6 Å². The van der Waals surface area contributed by atoms with E-state index in [9.17, 15) is 9.18 Å². The Morgan fingerprint density at radius 1 is 1.56 bits per heavy atom. The van der Waals surface area contributed by atoms with Gasteiger partial charge in [0.25, 0.3) is 5.91 Å². The van der Waals surface area contributed by atoms with Gasteiger partial charge in [-0.05, 0) is 19.1 Å². The van der Waals surface area contributed by atoms with Crippen molar-refractivity contribution in [3.63, 3.8) is 0 Å². The molecule has 4 nitrogen and oxygen atoms in total. The highest BCUT2D eigenvalue weighted by Gasteiger charge is 2.16. The van der Waals surface area contributed by atoms with Crippen molar-refractivity contribution in [1.29, 1.82) is 0 Å². The molecule has 1 aromatic carbocycles. The Morgan fingerprint density at radius 3 is 3.00 bits per heavy atom. The van der Waals surface area contributed by atoms with Gasteiger partial charge in [0.2, 0.25) is 0 Å². The third-order valence-electron chi connectivity index (χ3n) is 2.56. The lowest BCUT2D eigenvalue weighted by Gasteiger charge is -2.12. The molecule has 1 atom stereocenters. The fraction of sp³-hybridized carbons (Fsp3) is 0.167. The summed E-state index contributed by atoms with van der Waals surface area (Å²) in [7, 11) is 0. The van der Waals surface area contributed by atoms with Crippen molar-refractivity contribution in [2.75, 3.05) is 0 Å². The number of nitrogens with one attached hydrogen (secondary N) is 2. The molecule has 6 heteroatoms. The van der Waals surface area contributed by atoms with Crippen LogP contribution >= 0.6 is 11.6 Å². The molecule has 0 spiro atoms. The van der Waals surface area contributed by atoms with Crippen LogP contribution in [0.2, 0.25) is 5.02 Å². The summed E-state index contributed by atoms with van der Waals surface area (Å²) in [5.74, 6) is -1.03. The number of hydrogen-bond donors (Lipinski definition) is 2. The van der Waals surface area contributed by atoms with E-state index in [-0.39, 0.29) is 16.6 Å². The van der Waals surface area contributed by atoms with Crippen LogP contribution in [0.3, 0.4) is 0 Å². The largest absolute Gasteiger partial charge is 0.345 e. The van der Waals surface area contributed by atoms with E-state index in [0.29, 0.717) is 0 Å². The number of carbonyl (C=O) groups is 1. The molecule has 1 aromatic heterocycles. The number of hydrogen-bond acceptors (Lipinski definition) is 2. The van der Waals surface area contributed by atoms with E-state index in [1.165, 1.54) is 18.2 Å². The first kappa shape index (κ1) is 12.6. The normalized spacial score (nSPS) is 12.2. The fourth-order valence-electron chi connectivity index (χ4n) is 1.53. The van der Waals surface area contributed by atoms with Crippen LogP contribution in [-0.2, 0) is 0 Å². The van der Waals surface area contributed by atoms with Gasteiger partial charge < -0.3 is 5.32 Å². The molecule has 2 rings (SSSR count). The highest BCUT2D eigenvalue weighted by atomic mass is 35.5. The molecule has 1 unspecified atom stereocenters. The summed E-state index contributed by atoms with van der Waals surface area (Å²) in [4.78, 5) is 11.9. The van der Waals surface area contributed by atoms with Gasteiger partial charge in [-0.15, -0.1) is 0 Å². The summed E-state index contributed by atoms with van der Waals surface area (Å²) in [6, 6.07) is 3.88. The number of aromatic nitrogens is 2. The van der Waals surface area contributed by atoms with Gasteiger partial charge in [0, 0.05) is 11.8 Å². The van der Waals surface area contributed by atoms with Crippen molar-refractivity contribution in [3.8, 4) is 0 Å². The van der Waals surface area contributed by atoms with Crippen molar-refractivity contribution in [2.24, 2.45) is 0 Å². The zero-order valence-corrected chi connectivity index (χ0v) is 10.3. The van der Waals surface area contributed by atoms with Crippen LogP contribution in [-0.4, -0.2) is 16.1 Å². The molecule has 18 heavy (non-hydrogen) atoms. The Bertz CT molecular complexity index is 556. The minimum atomic E-state index is -0.611. The third kappa shape index (κ3) is 2.51. The Morgan fingerprint density at radius 2 is 2.33 bits per heavy atom. The Kier molecular flexibility index (Phi) is 3.62. The summed E-state index contributed by atoms with van der Waals surface area (Å²) < 4.78 is 13.2. The van der Waals surface area contributed by atoms with Gasteiger partial charge in [-0.2, -0.15) is 5.10 Å². The van der Waals surface area contributed by atoms with Gasteiger partial charge in [-0.25, -0.2) is 4.39 Å². The van der Waals surface area contributed by atoms with Crippen molar-refractivity contribution in [2.45, 2.75) is 13.0 Å². The third-order valence-corrected chi connectivity index (χ3v) is 2.95. The van der Waals surface area contributed by atoms with Crippen LogP contribution in [0.1, 0.15) is 28.9 Å². The smallest absolute Gasteiger partial charge is 0.253 e. The molecule has 0 aliphatic rings. The summed E-state index contributed by atoms with van der Waals surface area (Å²) in [5.41, 5.74) is 0.947. The van der Waals surface area contributed by atoms with E-state index in [4.69, 9.17) is 11.6 Å². The maximum absolute atomic E-state index is 13.2. The Hall–Kier alpha value is -1.88. The van der Waals surface area contributed by atoms with E-state index in [1.54, 1.807) is 19.3 Å². The molecule has 2 aromatic rings. The summed E-state index contributed by atoms with van der Waals surface area (Å²) >= 11 is 5.74. The van der Waals surface area contributed by atoms with Crippen LogP contribution in [0.4, 0.5) is 4.39 Å². The van der Waals surface area contributed by atoms with E-state index in [1.807, 2.05) is 0 Å². The highest BCUT2D eigenvalue weighted by Crippen LogP contribution is 2.20.